The highest BCUT2D eigenvalue weighted by Gasteiger charge is 2.23. The molecule has 22 heavy (non-hydrogen) atoms. The zero-order chi connectivity index (χ0) is 15.4. The van der Waals surface area contributed by atoms with Gasteiger partial charge < -0.3 is 11.5 Å². The highest BCUT2D eigenvalue weighted by atomic mass is 15.1. The average Bonchev–Trinajstić information content (AvgIpc) is 2.54. The van der Waals surface area contributed by atoms with Gasteiger partial charge in [-0.15, -0.1) is 10.2 Å². The first-order valence-corrected chi connectivity index (χ1v) is 7.84. The molecular formula is C16H22N6. The van der Waals surface area contributed by atoms with Crippen LogP contribution < -0.4 is 11.5 Å². The summed E-state index contributed by atoms with van der Waals surface area (Å²) in [4.78, 5) is 0. The third-order valence-corrected chi connectivity index (χ3v) is 4.66. The summed E-state index contributed by atoms with van der Waals surface area (Å²) in [6.07, 6.45) is 10.4. The van der Waals surface area contributed by atoms with Crippen molar-refractivity contribution in [3.63, 3.8) is 0 Å². The van der Waals surface area contributed by atoms with E-state index in [2.05, 4.69) is 20.4 Å². The summed E-state index contributed by atoms with van der Waals surface area (Å²) < 4.78 is 0. The Bertz CT molecular complexity index is 566. The highest BCUT2D eigenvalue weighted by Crippen LogP contribution is 2.33. The Labute approximate surface area is 130 Å². The van der Waals surface area contributed by atoms with Gasteiger partial charge in [-0.1, -0.05) is 0 Å². The average molecular weight is 298 g/mol. The molecule has 1 fully saturated rings. The van der Waals surface area contributed by atoms with Gasteiger partial charge in [-0.05, 0) is 73.6 Å². The summed E-state index contributed by atoms with van der Waals surface area (Å²) in [6, 6.07) is 3.97. The van der Waals surface area contributed by atoms with Gasteiger partial charge in [-0.25, -0.2) is 0 Å². The van der Waals surface area contributed by atoms with Crippen LogP contribution in [0.4, 0.5) is 11.6 Å². The van der Waals surface area contributed by atoms with E-state index in [1.165, 1.54) is 25.7 Å². The molecule has 2 heterocycles. The molecule has 4 N–H and O–H groups in total. The lowest BCUT2D eigenvalue weighted by molar-refractivity contribution is 0.272. The van der Waals surface area contributed by atoms with Crippen molar-refractivity contribution in [2.45, 2.75) is 38.5 Å². The number of nitrogens with two attached hydrogens (primary N) is 2. The summed E-state index contributed by atoms with van der Waals surface area (Å²) in [5.74, 6) is 2.52. The lowest BCUT2D eigenvalue weighted by Crippen LogP contribution is -2.19. The fourth-order valence-corrected chi connectivity index (χ4v) is 3.34. The molecule has 0 radical (unpaired) electrons. The molecule has 0 spiro atoms. The van der Waals surface area contributed by atoms with E-state index in [0.29, 0.717) is 23.5 Å². The summed E-state index contributed by atoms with van der Waals surface area (Å²) in [5, 5.41) is 15.5. The quantitative estimate of drug-likeness (QED) is 0.895. The zero-order valence-corrected chi connectivity index (χ0v) is 12.7. The number of rotatable bonds is 4. The largest absolute Gasteiger partial charge is 0.382 e. The Hall–Kier alpha value is -2.24. The summed E-state index contributed by atoms with van der Waals surface area (Å²) in [7, 11) is 0. The van der Waals surface area contributed by atoms with Gasteiger partial charge in [0, 0.05) is 0 Å². The molecule has 1 aliphatic rings. The molecule has 3 rings (SSSR count). The first-order valence-electron chi connectivity index (χ1n) is 7.84. The van der Waals surface area contributed by atoms with Gasteiger partial charge in [0.25, 0.3) is 0 Å². The molecule has 2 aromatic rings. The Morgan fingerprint density at radius 3 is 1.55 bits per heavy atom. The highest BCUT2D eigenvalue weighted by molar-refractivity contribution is 5.37. The lowest BCUT2D eigenvalue weighted by atomic mass is 9.77. The van der Waals surface area contributed by atoms with E-state index in [1.807, 2.05) is 12.1 Å². The van der Waals surface area contributed by atoms with Crippen LogP contribution in [0.3, 0.4) is 0 Å². The molecule has 1 aliphatic carbocycles. The van der Waals surface area contributed by atoms with Crippen molar-refractivity contribution in [3.05, 3.63) is 35.7 Å². The summed E-state index contributed by atoms with van der Waals surface area (Å²) in [6.45, 7) is 0. The maximum absolute atomic E-state index is 5.88. The molecular weight excluding hydrogens is 276 g/mol. The van der Waals surface area contributed by atoms with Crippen molar-refractivity contribution < 1.29 is 0 Å². The van der Waals surface area contributed by atoms with Crippen LogP contribution in [0.25, 0.3) is 0 Å². The van der Waals surface area contributed by atoms with Crippen molar-refractivity contribution >= 4 is 11.6 Å². The van der Waals surface area contributed by atoms with Gasteiger partial charge in [0.05, 0.1) is 12.4 Å². The lowest BCUT2D eigenvalue weighted by Gasteiger charge is -2.28. The van der Waals surface area contributed by atoms with Crippen LogP contribution in [-0.4, -0.2) is 20.4 Å². The third-order valence-electron chi connectivity index (χ3n) is 4.66. The molecule has 0 amide bonds. The molecule has 6 heteroatoms. The van der Waals surface area contributed by atoms with Crippen molar-refractivity contribution in [2.75, 3.05) is 11.5 Å². The zero-order valence-electron chi connectivity index (χ0n) is 12.7. The number of hydrogen-bond acceptors (Lipinski definition) is 6. The van der Waals surface area contributed by atoms with Gasteiger partial charge in [0.15, 0.2) is 0 Å². The summed E-state index contributed by atoms with van der Waals surface area (Å²) >= 11 is 0. The van der Waals surface area contributed by atoms with Crippen molar-refractivity contribution in [2.24, 2.45) is 11.8 Å². The van der Waals surface area contributed by atoms with Crippen LogP contribution in [0.15, 0.2) is 24.5 Å². The van der Waals surface area contributed by atoms with Crippen LogP contribution in [0.1, 0.15) is 36.8 Å². The minimum Gasteiger partial charge on any atom is -0.382 e. The van der Waals surface area contributed by atoms with Crippen molar-refractivity contribution in [3.8, 4) is 0 Å². The fourth-order valence-electron chi connectivity index (χ4n) is 3.34. The third kappa shape index (κ3) is 3.50. The second-order valence-electron chi connectivity index (χ2n) is 6.18. The Balaban J connectivity index is 1.52. The predicted octanol–water partition coefficient (Wildman–Crippen LogP) is 2.02. The molecule has 0 aliphatic heterocycles. The molecule has 0 atom stereocenters. The van der Waals surface area contributed by atoms with Crippen LogP contribution in [-0.2, 0) is 12.8 Å². The van der Waals surface area contributed by atoms with Crippen LogP contribution in [0.5, 0.6) is 0 Å². The van der Waals surface area contributed by atoms with Gasteiger partial charge in [0.1, 0.15) is 11.6 Å². The first-order chi connectivity index (χ1) is 10.7. The molecule has 0 aromatic carbocycles. The van der Waals surface area contributed by atoms with E-state index >= 15 is 0 Å². The number of hydrogen-bond donors (Lipinski definition) is 2. The second-order valence-corrected chi connectivity index (χ2v) is 6.18. The minimum absolute atomic E-state index is 0.570. The van der Waals surface area contributed by atoms with Gasteiger partial charge >= 0.3 is 0 Å². The summed E-state index contributed by atoms with van der Waals surface area (Å²) in [5.41, 5.74) is 14.0. The van der Waals surface area contributed by atoms with Crippen LogP contribution >= 0.6 is 0 Å². The van der Waals surface area contributed by atoms with E-state index in [-0.39, 0.29) is 0 Å². The van der Waals surface area contributed by atoms with Crippen LogP contribution in [0, 0.1) is 11.8 Å². The first kappa shape index (κ1) is 14.7. The Morgan fingerprint density at radius 2 is 1.18 bits per heavy atom. The van der Waals surface area contributed by atoms with Gasteiger partial charge in [-0.2, -0.15) is 10.2 Å². The molecule has 116 valence electrons. The molecule has 0 bridgehead atoms. The van der Waals surface area contributed by atoms with E-state index in [9.17, 15) is 0 Å². The number of anilines is 2. The monoisotopic (exact) mass is 298 g/mol. The Kier molecular flexibility index (Phi) is 4.46. The number of nitrogen functional groups attached to an aromatic ring is 2. The number of aromatic nitrogens is 4. The normalized spacial score (nSPS) is 21.6. The fraction of sp³-hybridized carbons (Fsp3) is 0.500. The SMILES string of the molecule is Nc1nnccc1CC1CCC(Cc2ccnnc2N)CC1. The van der Waals surface area contributed by atoms with E-state index in [0.717, 1.165) is 24.0 Å². The molecule has 0 unspecified atom stereocenters. The molecule has 2 aromatic heterocycles. The molecule has 6 nitrogen and oxygen atoms in total. The number of nitrogens with zero attached hydrogens (tertiary/aromatic N) is 4. The molecule has 1 saturated carbocycles. The smallest absolute Gasteiger partial charge is 0.149 e. The second kappa shape index (κ2) is 6.68. The Morgan fingerprint density at radius 1 is 0.773 bits per heavy atom. The van der Waals surface area contributed by atoms with Crippen molar-refractivity contribution in [1.29, 1.82) is 0 Å². The van der Waals surface area contributed by atoms with E-state index < -0.39 is 0 Å². The predicted molar refractivity (Wildman–Crippen MR) is 85.7 cm³/mol. The maximum Gasteiger partial charge on any atom is 0.149 e. The van der Waals surface area contributed by atoms with E-state index in [4.69, 9.17) is 11.5 Å². The molecule has 0 saturated heterocycles. The van der Waals surface area contributed by atoms with Crippen molar-refractivity contribution in [1.82, 2.24) is 20.4 Å². The van der Waals surface area contributed by atoms with Crippen LogP contribution in [0.2, 0.25) is 0 Å². The van der Waals surface area contributed by atoms with Gasteiger partial charge in [-0.3, -0.25) is 0 Å². The van der Waals surface area contributed by atoms with E-state index in [1.54, 1.807) is 12.4 Å². The standard InChI is InChI=1S/C16H22N6/c17-15-13(5-7-19-21-15)9-11-1-2-12(4-3-11)10-14-6-8-20-22-16(14)18/h5-8,11-12H,1-4,9-10H2,(H2,17,21)(H2,18,22). The minimum atomic E-state index is 0.570. The topological polar surface area (TPSA) is 104 Å². The maximum atomic E-state index is 5.88. The van der Waals surface area contributed by atoms with Gasteiger partial charge in [0.2, 0.25) is 0 Å².